The van der Waals surface area contributed by atoms with Gasteiger partial charge in [0.15, 0.2) is 5.82 Å². The van der Waals surface area contributed by atoms with Gasteiger partial charge >= 0.3 is 11.7 Å². The van der Waals surface area contributed by atoms with Crippen LogP contribution in [0.2, 0.25) is 0 Å². The zero-order valence-electron chi connectivity index (χ0n) is 11.4. The molecule has 2 N–H and O–H groups in total. The van der Waals surface area contributed by atoms with E-state index in [9.17, 15) is 9.59 Å². The maximum Gasteiger partial charge on any atom is 0.346 e. The van der Waals surface area contributed by atoms with Gasteiger partial charge in [-0.2, -0.15) is 0 Å². The molecule has 0 aliphatic carbocycles. The van der Waals surface area contributed by atoms with Crippen LogP contribution in [0.25, 0.3) is 10.7 Å². The zero-order chi connectivity index (χ0) is 14.5. The second-order valence-electron chi connectivity index (χ2n) is 4.15. The Morgan fingerprint density at radius 3 is 2.90 bits per heavy atom. The van der Waals surface area contributed by atoms with E-state index in [2.05, 4.69) is 15.7 Å². The fourth-order valence-corrected chi connectivity index (χ4v) is 2.50. The van der Waals surface area contributed by atoms with Crippen molar-refractivity contribution in [1.82, 2.24) is 25.0 Å². The average Bonchev–Trinajstić information content (AvgIpc) is 3.02. The van der Waals surface area contributed by atoms with Crippen LogP contribution in [-0.4, -0.2) is 33.5 Å². The van der Waals surface area contributed by atoms with Gasteiger partial charge in [-0.15, -0.1) is 16.4 Å². The van der Waals surface area contributed by atoms with Gasteiger partial charge in [-0.25, -0.2) is 14.3 Å². The summed E-state index contributed by atoms with van der Waals surface area (Å²) in [5.41, 5.74) is -0.189. The Morgan fingerprint density at radius 2 is 2.25 bits per heavy atom. The molecular weight excluding hydrogens is 278 g/mol. The highest BCUT2D eigenvalue weighted by Gasteiger charge is 2.12. The minimum atomic E-state index is -0.241. The highest BCUT2D eigenvalue weighted by molar-refractivity contribution is 7.13. The van der Waals surface area contributed by atoms with Gasteiger partial charge in [-0.1, -0.05) is 6.07 Å². The minimum absolute atomic E-state index is 0.189. The maximum atomic E-state index is 12.0. The average molecular weight is 295 g/mol. The normalized spacial score (nSPS) is 10.5. The Hall–Kier alpha value is -2.09. The van der Waals surface area contributed by atoms with Gasteiger partial charge in [0.1, 0.15) is 0 Å². The first-order valence-corrected chi connectivity index (χ1v) is 7.21. The Labute approximate surface area is 120 Å². The molecule has 0 aromatic carbocycles. The molecule has 7 nitrogen and oxygen atoms in total. The van der Waals surface area contributed by atoms with E-state index < -0.39 is 0 Å². The van der Waals surface area contributed by atoms with Gasteiger partial charge < -0.3 is 10.6 Å². The van der Waals surface area contributed by atoms with Crippen molar-refractivity contribution in [2.24, 2.45) is 7.05 Å². The minimum Gasteiger partial charge on any atom is -0.338 e. The Balaban J connectivity index is 2.05. The number of urea groups is 1. The quantitative estimate of drug-likeness (QED) is 0.849. The molecule has 0 saturated carbocycles. The number of rotatable bonds is 5. The number of thiophene rings is 1. The third-order valence-electron chi connectivity index (χ3n) is 2.73. The molecule has 0 radical (unpaired) electrons. The second-order valence-corrected chi connectivity index (χ2v) is 5.10. The summed E-state index contributed by atoms with van der Waals surface area (Å²) in [5, 5.41) is 11.5. The Kier molecular flexibility index (Phi) is 4.57. The summed E-state index contributed by atoms with van der Waals surface area (Å²) in [4.78, 5) is 24.2. The van der Waals surface area contributed by atoms with E-state index in [1.807, 2.05) is 24.4 Å². The molecule has 0 spiro atoms. The third kappa shape index (κ3) is 3.08. The summed E-state index contributed by atoms with van der Waals surface area (Å²) in [6.45, 7) is 3.11. The van der Waals surface area contributed by atoms with Crippen molar-refractivity contribution in [3.63, 3.8) is 0 Å². The van der Waals surface area contributed by atoms with E-state index in [0.717, 1.165) is 4.88 Å². The molecule has 0 atom stereocenters. The monoisotopic (exact) mass is 295 g/mol. The van der Waals surface area contributed by atoms with Crippen LogP contribution in [-0.2, 0) is 13.6 Å². The molecule has 0 unspecified atom stereocenters. The number of hydrogen-bond donors (Lipinski definition) is 2. The smallest absolute Gasteiger partial charge is 0.338 e. The van der Waals surface area contributed by atoms with Gasteiger partial charge in [-0.3, -0.25) is 4.57 Å². The summed E-state index contributed by atoms with van der Waals surface area (Å²) in [6, 6.07) is 3.60. The van der Waals surface area contributed by atoms with Crippen LogP contribution < -0.4 is 16.3 Å². The van der Waals surface area contributed by atoms with Gasteiger partial charge in [0.05, 0.1) is 11.4 Å². The summed E-state index contributed by atoms with van der Waals surface area (Å²) in [7, 11) is 1.69. The van der Waals surface area contributed by atoms with E-state index in [1.54, 1.807) is 7.05 Å². The predicted octanol–water partition coefficient (Wildman–Crippen LogP) is 0.629. The van der Waals surface area contributed by atoms with Crippen LogP contribution in [0.5, 0.6) is 0 Å². The first-order valence-electron chi connectivity index (χ1n) is 6.33. The van der Waals surface area contributed by atoms with Crippen LogP contribution in [0.15, 0.2) is 22.3 Å². The van der Waals surface area contributed by atoms with Gasteiger partial charge in [0, 0.05) is 20.1 Å². The highest BCUT2D eigenvalue weighted by atomic mass is 32.1. The number of aromatic nitrogens is 3. The molecule has 2 rings (SSSR count). The molecule has 2 amide bonds. The van der Waals surface area contributed by atoms with E-state index in [-0.39, 0.29) is 11.7 Å². The van der Waals surface area contributed by atoms with Crippen LogP contribution in [0, 0.1) is 0 Å². The van der Waals surface area contributed by atoms with Crippen molar-refractivity contribution < 1.29 is 4.79 Å². The third-order valence-corrected chi connectivity index (χ3v) is 3.59. The van der Waals surface area contributed by atoms with Crippen molar-refractivity contribution in [2.45, 2.75) is 13.5 Å². The van der Waals surface area contributed by atoms with Gasteiger partial charge in [0.2, 0.25) is 0 Å². The lowest BCUT2D eigenvalue weighted by Crippen LogP contribution is -2.38. The van der Waals surface area contributed by atoms with Crippen LogP contribution in [0.3, 0.4) is 0 Å². The standard InChI is InChI=1S/C12H17N5O2S/c1-3-13-11(18)14-6-7-17-12(19)16(2)10(15-17)9-5-4-8-20-9/h4-5,8H,3,6-7H2,1-2H3,(H2,13,14,18). The van der Waals surface area contributed by atoms with Crippen molar-refractivity contribution in [2.75, 3.05) is 13.1 Å². The topological polar surface area (TPSA) is 81.0 Å². The summed E-state index contributed by atoms with van der Waals surface area (Å²) in [6.07, 6.45) is 0. The molecule has 2 aromatic heterocycles. The lowest BCUT2D eigenvalue weighted by Gasteiger charge is -2.04. The Bertz CT molecular complexity index is 629. The number of nitrogens with one attached hydrogen (secondary N) is 2. The number of hydrogen-bond acceptors (Lipinski definition) is 4. The largest absolute Gasteiger partial charge is 0.346 e. The fraction of sp³-hybridized carbons (Fsp3) is 0.417. The number of nitrogens with zero attached hydrogens (tertiary/aromatic N) is 3. The number of carbonyl (C=O) groups excluding carboxylic acids is 1. The molecule has 20 heavy (non-hydrogen) atoms. The molecular formula is C12H17N5O2S. The fourth-order valence-electron chi connectivity index (χ4n) is 1.75. The molecule has 0 aliphatic rings. The second kappa shape index (κ2) is 6.38. The van der Waals surface area contributed by atoms with Gasteiger partial charge in [0.25, 0.3) is 0 Å². The SMILES string of the molecule is CCNC(=O)NCCn1nc(-c2cccs2)n(C)c1=O. The van der Waals surface area contributed by atoms with Crippen molar-refractivity contribution in [3.05, 3.63) is 28.0 Å². The maximum absolute atomic E-state index is 12.0. The molecule has 0 bridgehead atoms. The molecule has 2 heterocycles. The highest BCUT2D eigenvalue weighted by Crippen LogP contribution is 2.20. The first kappa shape index (κ1) is 14.3. The van der Waals surface area contributed by atoms with Crippen molar-refractivity contribution in [1.29, 1.82) is 0 Å². The first-order chi connectivity index (χ1) is 9.63. The molecule has 0 aliphatic heterocycles. The van der Waals surface area contributed by atoms with Crippen molar-refractivity contribution in [3.8, 4) is 10.7 Å². The molecule has 8 heteroatoms. The lowest BCUT2D eigenvalue weighted by atomic mass is 10.4. The molecule has 108 valence electrons. The van der Waals surface area contributed by atoms with E-state index in [4.69, 9.17) is 0 Å². The summed E-state index contributed by atoms with van der Waals surface area (Å²) < 4.78 is 2.87. The summed E-state index contributed by atoms with van der Waals surface area (Å²) in [5.74, 6) is 0.642. The van der Waals surface area contributed by atoms with Gasteiger partial charge in [-0.05, 0) is 18.4 Å². The van der Waals surface area contributed by atoms with E-state index in [0.29, 0.717) is 25.5 Å². The number of carbonyl (C=O) groups is 1. The summed E-state index contributed by atoms with van der Waals surface area (Å²) >= 11 is 1.53. The van der Waals surface area contributed by atoms with E-state index >= 15 is 0 Å². The molecule has 0 fully saturated rings. The van der Waals surface area contributed by atoms with E-state index in [1.165, 1.54) is 20.6 Å². The van der Waals surface area contributed by atoms with Crippen LogP contribution in [0.1, 0.15) is 6.92 Å². The lowest BCUT2D eigenvalue weighted by molar-refractivity contribution is 0.241. The van der Waals surface area contributed by atoms with Crippen molar-refractivity contribution >= 4 is 17.4 Å². The molecule has 2 aromatic rings. The Morgan fingerprint density at radius 1 is 1.45 bits per heavy atom. The van der Waals surface area contributed by atoms with Crippen LogP contribution >= 0.6 is 11.3 Å². The molecule has 0 saturated heterocycles. The number of amides is 2. The van der Waals surface area contributed by atoms with Crippen LogP contribution in [0.4, 0.5) is 4.79 Å². The predicted molar refractivity (Wildman–Crippen MR) is 77.9 cm³/mol. The zero-order valence-corrected chi connectivity index (χ0v) is 12.2.